The van der Waals surface area contributed by atoms with E-state index in [1.807, 2.05) is 0 Å². The number of ether oxygens (including phenoxy) is 2. The molecule has 1 unspecified atom stereocenters. The highest BCUT2D eigenvalue weighted by Gasteiger charge is 2.25. The molecule has 1 amide bonds. The van der Waals surface area contributed by atoms with Crippen LogP contribution in [0.2, 0.25) is 5.02 Å². The van der Waals surface area contributed by atoms with Crippen LogP contribution in [0.25, 0.3) is 0 Å². The van der Waals surface area contributed by atoms with Crippen molar-refractivity contribution in [2.24, 2.45) is 5.92 Å². The van der Waals surface area contributed by atoms with Crippen LogP contribution in [0.15, 0.2) is 12.1 Å². The van der Waals surface area contributed by atoms with Crippen molar-refractivity contribution >= 4 is 23.5 Å². The van der Waals surface area contributed by atoms with E-state index in [-0.39, 0.29) is 16.5 Å². The van der Waals surface area contributed by atoms with Gasteiger partial charge in [0, 0.05) is 5.56 Å². The first-order chi connectivity index (χ1) is 10.3. The van der Waals surface area contributed by atoms with Gasteiger partial charge in [0.25, 0.3) is 5.91 Å². The Morgan fingerprint density at radius 2 is 2.00 bits per heavy atom. The van der Waals surface area contributed by atoms with Crippen molar-refractivity contribution in [3.8, 4) is 11.5 Å². The Morgan fingerprint density at radius 3 is 2.45 bits per heavy atom. The summed E-state index contributed by atoms with van der Waals surface area (Å²) in [5.41, 5.74) is 0.206. The van der Waals surface area contributed by atoms with E-state index in [4.69, 9.17) is 26.2 Å². The van der Waals surface area contributed by atoms with E-state index >= 15 is 0 Å². The van der Waals surface area contributed by atoms with Crippen LogP contribution in [0.1, 0.15) is 31.1 Å². The van der Waals surface area contributed by atoms with Gasteiger partial charge in [0.05, 0.1) is 18.7 Å². The summed E-state index contributed by atoms with van der Waals surface area (Å²) >= 11 is 6.10. The molecule has 0 aliphatic carbocycles. The van der Waals surface area contributed by atoms with Crippen LogP contribution in [0.3, 0.4) is 0 Å². The molecule has 0 saturated heterocycles. The molecule has 6 nitrogen and oxygen atoms in total. The summed E-state index contributed by atoms with van der Waals surface area (Å²) in [5.74, 6) is -1.21. The Bertz CT molecular complexity index is 559. The van der Waals surface area contributed by atoms with Crippen LogP contribution >= 0.6 is 11.6 Å². The third-order valence-corrected chi connectivity index (χ3v) is 3.28. The first-order valence-electron chi connectivity index (χ1n) is 6.85. The lowest BCUT2D eigenvalue weighted by Gasteiger charge is -2.19. The summed E-state index contributed by atoms with van der Waals surface area (Å²) in [5, 5.41) is 11.8. The highest BCUT2D eigenvalue weighted by molar-refractivity contribution is 6.32. The smallest absolute Gasteiger partial charge is 0.326 e. The molecule has 0 radical (unpaired) electrons. The highest BCUT2D eigenvalue weighted by Crippen LogP contribution is 2.36. The van der Waals surface area contributed by atoms with Crippen molar-refractivity contribution in [2.45, 2.75) is 26.8 Å². The number of carboxylic acids is 1. The fraction of sp³-hybridized carbons (Fsp3) is 0.467. The molecule has 0 heterocycles. The van der Waals surface area contributed by atoms with Crippen LogP contribution in [0.5, 0.6) is 11.5 Å². The summed E-state index contributed by atoms with van der Waals surface area (Å²) in [6, 6.07) is 1.90. The van der Waals surface area contributed by atoms with Crippen LogP contribution in [0.4, 0.5) is 0 Å². The SMILES string of the molecule is CCOc1c(Cl)cc(C(=O)NC(C(=O)O)C(C)C)cc1OC. The number of amides is 1. The number of nitrogens with one attached hydrogen (secondary N) is 1. The van der Waals surface area contributed by atoms with Gasteiger partial charge in [-0.05, 0) is 25.0 Å². The normalized spacial score (nSPS) is 11.9. The van der Waals surface area contributed by atoms with E-state index in [9.17, 15) is 9.59 Å². The lowest BCUT2D eigenvalue weighted by Crippen LogP contribution is -2.44. The standard InChI is InChI=1S/C15H20ClNO5/c1-5-22-13-10(16)6-9(7-11(13)21-4)14(18)17-12(8(2)3)15(19)20/h6-8,12H,5H2,1-4H3,(H,17,18)(H,19,20). The minimum Gasteiger partial charge on any atom is -0.493 e. The Morgan fingerprint density at radius 1 is 1.36 bits per heavy atom. The molecule has 0 aromatic heterocycles. The zero-order valence-electron chi connectivity index (χ0n) is 13.0. The molecule has 0 aliphatic rings. The molecule has 1 aromatic rings. The predicted octanol–water partition coefficient (Wildman–Crippen LogP) is 2.59. The number of halogens is 1. The van der Waals surface area contributed by atoms with Crippen molar-refractivity contribution in [2.75, 3.05) is 13.7 Å². The van der Waals surface area contributed by atoms with Gasteiger partial charge in [-0.25, -0.2) is 4.79 Å². The number of aliphatic carboxylic acids is 1. The van der Waals surface area contributed by atoms with E-state index < -0.39 is 17.9 Å². The minimum absolute atomic E-state index is 0.206. The number of rotatable bonds is 7. The molecule has 0 saturated carbocycles. The van der Waals surface area contributed by atoms with Gasteiger partial charge in [0.15, 0.2) is 11.5 Å². The van der Waals surface area contributed by atoms with Crippen molar-refractivity contribution in [3.05, 3.63) is 22.7 Å². The number of hydrogen-bond acceptors (Lipinski definition) is 4. The number of hydrogen-bond donors (Lipinski definition) is 2. The van der Waals surface area contributed by atoms with Crippen molar-refractivity contribution in [1.29, 1.82) is 0 Å². The first kappa shape index (κ1) is 18.1. The van der Waals surface area contributed by atoms with E-state index in [2.05, 4.69) is 5.32 Å². The lowest BCUT2D eigenvalue weighted by molar-refractivity contribution is -0.140. The zero-order chi connectivity index (χ0) is 16.9. The van der Waals surface area contributed by atoms with E-state index in [1.54, 1.807) is 20.8 Å². The fourth-order valence-electron chi connectivity index (χ4n) is 1.87. The van der Waals surface area contributed by atoms with Gasteiger partial charge < -0.3 is 19.9 Å². The largest absolute Gasteiger partial charge is 0.493 e. The maximum Gasteiger partial charge on any atom is 0.326 e. The van der Waals surface area contributed by atoms with Gasteiger partial charge >= 0.3 is 5.97 Å². The third-order valence-electron chi connectivity index (χ3n) is 3.00. The molecule has 7 heteroatoms. The van der Waals surface area contributed by atoms with Crippen molar-refractivity contribution < 1.29 is 24.2 Å². The van der Waals surface area contributed by atoms with E-state index in [1.165, 1.54) is 19.2 Å². The van der Waals surface area contributed by atoms with Gasteiger partial charge in [-0.15, -0.1) is 0 Å². The first-order valence-corrected chi connectivity index (χ1v) is 7.23. The maximum absolute atomic E-state index is 12.2. The minimum atomic E-state index is -1.09. The van der Waals surface area contributed by atoms with Crippen LogP contribution in [-0.2, 0) is 4.79 Å². The molecule has 1 atom stereocenters. The molecular formula is C15H20ClNO5. The number of carbonyl (C=O) groups excluding carboxylic acids is 1. The average molecular weight is 330 g/mol. The monoisotopic (exact) mass is 329 g/mol. The summed E-state index contributed by atoms with van der Waals surface area (Å²) < 4.78 is 10.5. The van der Waals surface area contributed by atoms with Crippen LogP contribution in [-0.4, -0.2) is 36.7 Å². The zero-order valence-corrected chi connectivity index (χ0v) is 13.7. The molecule has 0 aliphatic heterocycles. The Labute approximate surface area is 134 Å². The average Bonchev–Trinajstić information content (AvgIpc) is 2.45. The molecule has 2 N–H and O–H groups in total. The molecule has 0 bridgehead atoms. The van der Waals surface area contributed by atoms with E-state index in [0.717, 1.165) is 0 Å². The lowest BCUT2D eigenvalue weighted by atomic mass is 10.0. The number of benzene rings is 1. The molecule has 0 fully saturated rings. The number of carboxylic acid groups (broad SMARTS) is 1. The molecule has 122 valence electrons. The van der Waals surface area contributed by atoms with Gasteiger partial charge in [-0.1, -0.05) is 25.4 Å². The van der Waals surface area contributed by atoms with Crippen molar-refractivity contribution in [3.63, 3.8) is 0 Å². The quantitative estimate of drug-likeness (QED) is 0.803. The molecule has 1 aromatic carbocycles. The Hall–Kier alpha value is -1.95. The second-order valence-corrected chi connectivity index (χ2v) is 5.36. The number of methoxy groups -OCH3 is 1. The topological polar surface area (TPSA) is 84.9 Å². The molecule has 1 rings (SSSR count). The Kier molecular flexibility index (Phi) is 6.49. The summed E-state index contributed by atoms with van der Waals surface area (Å²) in [4.78, 5) is 23.4. The van der Waals surface area contributed by atoms with Crippen LogP contribution in [0, 0.1) is 5.92 Å². The van der Waals surface area contributed by atoms with Gasteiger partial charge in [-0.2, -0.15) is 0 Å². The fourth-order valence-corrected chi connectivity index (χ4v) is 2.14. The van der Waals surface area contributed by atoms with Gasteiger partial charge in [0.1, 0.15) is 6.04 Å². The van der Waals surface area contributed by atoms with Crippen molar-refractivity contribution in [1.82, 2.24) is 5.32 Å². The summed E-state index contributed by atoms with van der Waals surface area (Å²) in [7, 11) is 1.43. The van der Waals surface area contributed by atoms with Crippen LogP contribution < -0.4 is 14.8 Å². The summed E-state index contributed by atoms with van der Waals surface area (Å²) in [6.45, 7) is 5.63. The van der Waals surface area contributed by atoms with Gasteiger partial charge in [-0.3, -0.25) is 4.79 Å². The van der Waals surface area contributed by atoms with E-state index in [0.29, 0.717) is 18.1 Å². The summed E-state index contributed by atoms with van der Waals surface area (Å²) in [6.07, 6.45) is 0. The highest BCUT2D eigenvalue weighted by atomic mass is 35.5. The maximum atomic E-state index is 12.2. The molecule has 22 heavy (non-hydrogen) atoms. The molecule has 0 spiro atoms. The molecular weight excluding hydrogens is 310 g/mol. The third kappa shape index (κ3) is 4.27. The Balaban J connectivity index is 3.08. The second-order valence-electron chi connectivity index (χ2n) is 4.96. The second kappa shape index (κ2) is 7.89. The number of carbonyl (C=O) groups is 2. The predicted molar refractivity (Wildman–Crippen MR) is 82.9 cm³/mol. The van der Waals surface area contributed by atoms with Gasteiger partial charge in [0.2, 0.25) is 0 Å².